The molecule has 0 saturated carbocycles. The summed E-state index contributed by atoms with van der Waals surface area (Å²) in [5.41, 5.74) is 5.19. The van der Waals surface area contributed by atoms with Crippen LogP contribution in [0.25, 0.3) is 0 Å². The minimum absolute atomic E-state index is 0.0387. The predicted molar refractivity (Wildman–Crippen MR) is 70.3 cm³/mol. The maximum absolute atomic E-state index is 13.2. The van der Waals surface area contributed by atoms with Gasteiger partial charge in [-0.1, -0.05) is 0 Å². The van der Waals surface area contributed by atoms with Crippen LogP contribution < -0.4 is 10.5 Å². The molecule has 0 radical (unpaired) electrons. The zero-order valence-electron chi connectivity index (χ0n) is 10.9. The lowest BCUT2D eigenvalue weighted by Crippen LogP contribution is -2.03. The van der Waals surface area contributed by atoms with Gasteiger partial charge in [-0.25, -0.2) is 9.37 Å². The van der Waals surface area contributed by atoms with Gasteiger partial charge in [0.05, 0.1) is 4.92 Å². The summed E-state index contributed by atoms with van der Waals surface area (Å²) in [5.74, 6) is -0.642. The first kappa shape index (κ1) is 14.6. The minimum Gasteiger partial charge on any atom is -0.431 e. The van der Waals surface area contributed by atoms with Gasteiger partial charge in [-0.15, -0.1) is 0 Å². The average molecular weight is 294 g/mol. The van der Waals surface area contributed by atoms with E-state index in [4.69, 9.17) is 15.2 Å². The number of halogens is 1. The molecule has 0 atom stereocenters. The zero-order valence-corrected chi connectivity index (χ0v) is 10.9. The summed E-state index contributed by atoms with van der Waals surface area (Å²) in [5, 5.41) is 10.9. The van der Waals surface area contributed by atoms with Gasteiger partial charge in [-0.3, -0.25) is 10.1 Å². The van der Waals surface area contributed by atoms with Crippen LogP contribution in [0.3, 0.4) is 0 Å². The number of hydrogen-bond acceptors (Lipinski definition) is 7. The Balaban J connectivity index is 2.37. The summed E-state index contributed by atoms with van der Waals surface area (Å²) in [7, 11) is 1.45. The largest absolute Gasteiger partial charge is 0.431 e. The zero-order chi connectivity index (χ0) is 15.4. The molecule has 2 rings (SSSR count). The van der Waals surface area contributed by atoms with Crippen molar-refractivity contribution in [2.24, 2.45) is 0 Å². The van der Waals surface area contributed by atoms with Gasteiger partial charge in [0.25, 0.3) is 0 Å². The van der Waals surface area contributed by atoms with E-state index in [0.717, 1.165) is 18.2 Å². The van der Waals surface area contributed by atoms with E-state index in [1.807, 2.05) is 0 Å². The fourth-order valence-corrected chi connectivity index (χ4v) is 1.57. The molecule has 0 bridgehead atoms. The van der Waals surface area contributed by atoms with Crippen molar-refractivity contribution in [3.05, 3.63) is 46.0 Å². The highest BCUT2D eigenvalue weighted by molar-refractivity contribution is 5.48. The van der Waals surface area contributed by atoms with Crippen molar-refractivity contribution < 1.29 is 18.8 Å². The predicted octanol–water partition coefficient (Wildman–Crippen LogP) is 2.04. The Hall–Kier alpha value is -2.81. The van der Waals surface area contributed by atoms with Crippen LogP contribution in [0.5, 0.6) is 11.6 Å². The number of anilines is 1. The van der Waals surface area contributed by atoms with Crippen LogP contribution in [-0.2, 0) is 11.3 Å². The van der Waals surface area contributed by atoms with E-state index in [-0.39, 0.29) is 35.6 Å². The summed E-state index contributed by atoms with van der Waals surface area (Å²) in [6, 6.07) is 4.14. The first-order valence-electron chi connectivity index (χ1n) is 5.73. The van der Waals surface area contributed by atoms with Crippen LogP contribution in [0, 0.1) is 15.9 Å². The monoisotopic (exact) mass is 294 g/mol. The molecule has 9 heteroatoms. The second-order valence-electron chi connectivity index (χ2n) is 3.95. The Morgan fingerprint density at radius 2 is 2.14 bits per heavy atom. The smallest absolute Gasteiger partial charge is 0.311 e. The molecule has 0 aliphatic rings. The molecular weight excluding hydrogens is 283 g/mol. The molecule has 0 amide bonds. The van der Waals surface area contributed by atoms with Crippen LogP contribution in [-0.4, -0.2) is 22.0 Å². The Morgan fingerprint density at radius 1 is 1.38 bits per heavy atom. The van der Waals surface area contributed by atoms with E-state index in [0.29, 0.717) is 0 Å². The topological polar surface area (TPSA) is 113 Å². The Morgan fingerprint density at radius 3 is 2.81 bits per heavy atom. The Labute approximate surface area is 118 Å². The molecule has 110 valence electrons. The molecule has 21 heavy (non-hydrogen) atoms. The molecule has 2 N–H and O–H groups in total. The van der Waals surface area contributed by atoms with Crippen LogP contribution in [0.4, 0.5) is 15.9 Å². The number of nitro benzene ring substituents is 1. The first-order valence-corrected chi connectivity index (χ1v) is 5.73. The quantitative estimate of drug-likeness (QED) is 0.663. The van der Waals surface area contributed by atoms with E-state index in [1.165, 1.54) is 13.2 Å². The standard InChI is InChI=1S/C12H11FN4O4/c1-20-6-11-15-10(14)5-12(16-11)21-9-4-7(13)2-3-8(9)17(18)19/h2-5H,6H2,1H3,(H2,14,15,16). The lowest BCUT2D eigenvalue weighted by atomic mass is 10.3. The summed E-state index contributed by atoms with van der Waals surface area (Å²) in [6.07, 6.45) is 0. The fraction of sp³-hybridized carbons (Fsp3) is 0.167. The third-order valence-corrected chi connectivity index (χ3v) is 2.38. The number of methoxy groups -OCH3 is 1. The van der Waals surface area contributed by atoms with Crippen molar-refractivity contribution in [1.82, 2.24) is 9.97 Å². The second kappa shape index (κ2) is 6.09. The molecule has 0 saturated heterocycles. The van der Waals surface area contributed by atoms with Gasteiger partial charge in [0.15, 0.2) is 5.82 Å². The van der Waals surface area contributed by atoms with Crippen molar-refractivity contribution in [3.63, 3.8) is 0 Å². The van der Waals surface area contributed by atoms with Crippen LogP contribution >= 0.6 is 0 Å². The van der Waals surface area contributed by atoms with E-state index >= 15 is 0 Å². The van der Waals surface area contributed by atoms with E-state index < -0.39 is 10.7 Å². The van der Waals surface area contributed by atoms with Crippen LogP contribution in [0.1, 0.15) is 5.82 Å². The third kappa shape index (κ3) is 3.60. The molecule has 8 nitrogen and oxygen atoms in total. The van der Waals surface area contributed by atoms with Crippen molar-refractivity contribution in [2.45, 2.75) is 6.61 Å². The van der Waals surface area contributed by atoms with Crippen molar-refractivity contribution in [2.75, 3.05) is 12.8 Å². The molecular formula is C12H11FN4O4. The lowest BCUT2D eigenvalue weighted by molar-refractivity contribution is -0.385. The van der Waals surface area contributed by atoms with E-state index in [9.17, 15) is 14.5 Å². The minimum atomic E-state index is -0.685. The molecule has 0 aliphatic carbocycles. The molecule has 0 unspecified atom stereocenters. The molecule has 0 spiro atoms. The number of nitrogen functional groups attached to an aromatic ring is 1. The van der Waals surface area contributed by atoms with E-state index in [1.54, 1.807) is 0 Å². The van der Waals surface area contributed by atoms with Gasteiger partial charge in [-0.2, -0.15) is 4.98 Å². The fourth-order valence-electron chi connectivity index (χ4n) is 1.57. The number of ether oxygens (including phenoxy) is 2. The highest BCUT2D eigenvalue weighted by Gasteiger charge is 2.17. The number of nitro groups is 1. The molecule has 2 aromatic rings. The van der Waals surface area contributed by atoms with Gasteiger partial charge < -0.3 is 15.2 Å². The maximum atomic E-state index is 13.2. The van der Waals surface area contributed by atoms with Gasteiger partial charge in [0.2, 0.25) is 11.6 Å². The summed E-state index contributed by atoms with van der Waals surface area (Å²) >= 11 is 0. The number of rotatable bonds is 5. The number of nitrogens with two attached hydrogens (primary N) is 1. The van der Waals surface area contributed by atoms with Gasteiger partial charge >= 0.3 is 5.69 Å². The maximum Gasteiger partial charge on any atom is 0.311 e. The molecule has 0 aliphatic heterocycles. The Kier molecular flexibility index (Phi) is 4.24. The molecule has 1 aromatic heterocycles. The van der Waals surface area contributed by atoms with Crippen molar-refractivity contribution in [3.8, 4) is 11.6 Å². The number of benzene rings is 1. The Bertz CT molecular complexity index is 680. The number of nitrogens with zero attached hydrogens (tertiary/aromatic N) is 3. The molecule has 1 heterocycles. The number of hydrogen-bond donors (Lipinski definition) is 1. The van der Waals surface area contributed by atoms with Gasteiger partial charge in [0.1, 0.15) is 18.2 Å². The average Bonchev–Trinajstić information content (AvgIpc) is 2.38. The third-order valence-electron chi connectivity index (χ3n) is 2.38. The van der Waals surface area contributed by atoms with Crippen LogP contribution in [0.2, 0.25) is 0 Å². The first-order chi connectivity index (χ1) is 9.99. The normalized spacial score (nSPS) is 10.4. The summed E-state index contributed by atoms with van der Waals surface area (Å²) < 4.78 is 23.3. The van der Waals surface area contributed by atoms with E-state index in [2.05, 4.69) is 9.97 Å². The van der Waals surface area contributed by atoms with Gasteiger partial charge in [-0.05, 0) is 6.07 Å². The highest BCUT2D eigenvalue weighted by atomic mass is 19.1. The van der Waals surface area contributed by atoms with Gasteiger partial charge in [0, 0.05) is 25.3 Å². The van der Waals surface area contributed by atoms with Crippen molar-refractivity contribution in [1.29, 1.82) is 0 Å². The summed E-state index contributed by atoms with van der Waals surface area (Å²) in [4.78, 5) is 18.1. The second-order valence-corrected chi connectivity index (χ2v) is 3.95. The number of aromatic nitrogens is 2. The SMILES string of the molecule is COCc1nc(N)cc(Oc2cc(F)ccc2[N+](=O)[O-])n1. The summed E-state index contributed by atoms with van der Waals surface area (Å²) in [6.45, 7) is 0.0899. The van der Waals surface area contributed by atoms with Crippen molar-refractivity contribution >= 4 is 11.5 Å². The van der Waals surface area contributed by atoms with Crippen LogP contribution in [0.15, 0.2) is 24.3 Å². The highest BCUT2D eigenvalue weighted by Crippen LogP contribution is 2.31. The lowest BCUT2D eigenvalue weighted by Gasteiger charge is -2.07. The molecule has 1 aromatic carbocycles. The molecule has 0 fully saturated rings.